The van der Waals surface area contributed by atoms with Crippen LogP contribution < -0.4 is 5.32 Å². The van der Waals surface area contributed by atoms with Crippen LogP contribution >= 0.6 is 0 Å². The summed E-state index contributed by atoms with van der Waals surface area (Å²) in [6.07, 6.45) is 1.58. The van der Waals surface area contributed by atoms with Crippen molar-refractivity contribution in [2.45, 2.75) is 6.92 Å². The summed E-state index contributed by atoms with van der Waals surface area (Å²) < 4.78 is 0. The molecule has 0 aromatic carbocycles. The summed E-state index contributed by atoms with van der Waals surface area (Å²) >= 11 is 0. The predicted molar refractivity (Wildman–Crippen MR) is 68.1 cm³/mol. The maximum atomic E-state index is 11.9. The number of carboxylic acids is 1. The smallest absolute Gasteiger partial charge is 0.354 e. The Balaban J connectivity index is 2.20. The van der Waals surface area contributed by atoms with E-state index in [0.29, 0.717) is 5.82 Å². The van der Waals surface area contributed by atoms with E-state index in [1.54, 1.807) is 18.3 Å². The number of amides is 1. The second-order valence-electron chi connectivity index (χ2n) is 3.89. The van der Waals surface area contributed by atoms with E-state index in [4.69, 9.17) is 5.11 Å². The van der Waals surface area contributed by atoms with E-state index in [-0.39, 0.29) is 11.4 Å². The fourth-order valence-corrected chi connectivity index (χ4v) is 1.47. The van der Waals surface area contributed by atoms with Crippen LogP contribution in [0, 0.1) is 6.92 Å². The number of aryl methyl sites for hydroxylation is 1. The highest BCUT2D eigenvalue weighted by atomic mass is 16.4. The topological polar surface area (TPSA) is 92.2 Å². The first-order valence-corrected chi connectivity index (χ1v) is 5.50. The van der Waals surface area contributed by atoms with Crippen molar-refractivity contribution in [3.63, 3.8) is 0 Å². The van der Waals surface area contributed by atoms with E-state index in [1.165, 1.54) is 18.2 Å². The maximum Gasteiger partial charge on any atom is 0.354 e. The Bertz CT molecular complexity index is 641. The first-order chi connectivity index (χ1) is 9.06. The second-order valence-corrected chi connectivity index (χ2v) is 3.89. The van der Waals surface area contributed by atoms with Gasteiger partial charge in [-0.25, -0.2) is 14.8 Å². The molecule has 0 aliphatic heterocycles. The standard InChI is InChI=1S/C13H11N3O3/c1-8-5-6-14-11(7-8)16-12(17)9-3-2-4-10(15-9)13(18)19/h2-7H,1H3,(H,18,19)(H,14,16,17). The summed E-state index contributed by atoms with van der Waals surface area (Å²) in [5, 5.41) is 11.4. The minimum absolute atomic E-state index is 0.0307. The molecule has 96 valence electrons. The van der Waals surface area contributed by atoms with Crippen LogP contribution in [0.1, 0.15) is 26.5 Å². The third kappa shape index (κ3) is 3.12. The molecule has 2 rings (SSSR count). The van der Waals surface area contributed by atoms with Crippen LogP contribution in [0.15, 0.2) is 36.5 Å². The summed E-state index contributed by atoms with van der Waals surface area (Å²) in [5.41, 5.74) is 0.811. The van der Waals surface area contributed by atoms with Crippen molar-refractivity contribution in [2.24, 2.45) is 0 Å². The Morgan fingerprint density at radius 1 is 1.21 bits per heavy atom. The lowest BCUT2D eigenvalue weighted by molar-refractivity contribution is 0.0690. The number of aromatic carboxylic acids is 1. The second kappa shape index (κ2) is 5.26. The number of nitrogens with zero attached hydrogens (tertiary/aromatic N) is 2. The molecular weight excluding hydrogens is 246 g/mol. The zero-order valence-corrected chi connectivity index (χ0v) is 10.1. The summed E-state index contributed by atoms with van der Waals surface area (Å²) in [6.45, 7) is 1.88. The molecule has 0 bridgehead atoms. The highest BCUT2D eigenvalue weighted by Crippen LogP contribution is 2.07. The fourth-order valence-electron chi connectivity index (χ4n) is 1.47. The number of hydrogen-bond acceptors (Lipinski definition) is 4. The third-order valence-electron chi connectivity index (χ3n) is 2.36. The lowest BCUT2D eigenvalue weighted by atomic mass is 10.2. The normalized spacial score (nSPS) is 9.95. The van der Waals surface area contributed by atoms with Crippen LogP contribution in [0.4, 0.5) is 5.82 Å². The molecule has 2 aromatic heterocycles. The largest absolute Gasteiger partial charge is 0.477 e. The molecule has 0 aliphatic carbocycles. The number of pyridine rings is 2. The van der Waals surface area contributed by atoms with Crippen LogP contribution in [0.25, 0.3) is 0 Å². The molecule has 0 aliphatic rings. The first-order valence-electron chi connectivity index (χ1n) is 5.50. The van der Waals surface area contributed by atoms with Crippen LogP contribution in [0.2, 0.25) is 0 Å². The van der Waals surface area contributed by atoms with Crippen molar-refractivity contribution < 1.29 is 14.7 Å². The van der Waals surface area contributed by atoms with Crippen LogP contribution in [0.3, 0.4) is 0 Å². The highest BCUT2D eigenvalue weighted by Gasteiger charge is 2.11. The van der Waals surface area contributed by atoms with Gasteiger partial charge in [-0.15, -0.1) is 0 Å². The summed E-state index contributed by atoms with van der Waals surface area (Å²) in [7, 11) is 0. The molecule has 0 fully saturated rings. The zero-order chi connectivity index (χ0) is 13.8. The molecule has 0 unspecified atom stereocenters. The van der Waals surface area contributed by atoms with Gasteiger partial charge in [-0.2, -0.15) is 0 Å². The molecule has 2 N–H and O–H groups in total. The van der Waals surface area contributed by atoms with Gasteiger partial charge in [0.25, 0.3) is 5.91 Å². The van der Waals surface area contributed by atoms with E-state index < -0.39 is 11.9 Å². The highest BCUT2D eigenvalue weighted by molar-refractivity contribution is 6.03. The van der Waals surface area contributed by atoms with Gasteiger partial charge in [0.15, 0.2) is 0 Å². The van der Waals surface area contributed by atoms with E-state index in [0.717, 1.165) is 5.56 Å². The first kappa shape index (κ1) is 12.7. The van der Waals surface area contributed by atoms with Crippen molar-refractivity contribution in [3.05, 3.63) is 53.5 Å². The van der Waals surface area contributed by atoms with Gasteiger partial charge in [-0.05, 0) is 36.8 Å². The van der Waals surface area contributed by atoms with Crippen molar-refractivity contribution in [2.75, 3.05) is 5.32 Å². The number of aromatic nitrogens is 2. The minimum Gasteiger partial charge on any atom is -0.477 e. The maximum absolute atomic E-state index is 11.9. The van der Waals surface area contributed by atoms with Crippen molar-refractivity contribution in [3.8, 4) is 0 Å². The molecule has 6 heteroatoms. The number of nitrogens with one attached hydrogen (secondary N) is 1. The van der Waals surface area contributed by atoms with E-state index in [1.807, 2.05) is 6.92 Å². The van der Waals surface area contributed by atoms with Gasteiger partial charge in [0.05, 0.1) is 0 Å². The summed E-state index contributed by atoms with van der Waals surface area (Å²) in [4.78, 5) is 30.4. The molecule has 2 heterocycles. The minimum atomic E-state index is -1.18. The Kier molecular flexibility index (Phi) is 3.51. The SMILES string of the molecule is Cc1ccnc(NC(=O)c2cccc(C(=O)O)n2)c1. The number of rotatable bonds is 3. The van der Waals surface area contributed by atoms with Crippen molar-refractivity contribution in [1.82, 2.24) is 9.97 Å². The lowest BCUT2D eigenvalue weighted by Crippen LogP contribution is -2.16. The third-order valence-corrected chi connectivity index (χ3v) is 2.36. The zero-order valence-electron chi connectivity index (χ0n) is 10.1. The molecule has 0 radical (unpaired) electrons. The van der Waals surface area contributed by atoms with Crippen molar-refractivity contribution in [1.29, 1.82) is 0 Å². The number of carbonyl (C=O) groups excluding carboxylic acids is 1. The molecule has 6 nitrogen and oxygen atoms in total. The van der Waals surface area contributed by atoms with Gasteiger partial charge in [0, 0.05) is 6.20 Å². The molecule has 0 saturated heterocycles. The Hall–Kier alpha value is -2.76. The number of carbonyl (C=O) groups is 2. The predicted octanol–water partition coefficient (Wildman–Crippen LogP) is 1.74. The number of carboxylic acid groups (broad SMARTS) is 1. The fraction of sp³-hybridized carbons (Fsp3) is 0.0769. The summed E-state index contributed by atoms with van der Waals surface area (Å²) in [6, 6.07) is 7.74. The van der Waals surface area contributed by atoms with Gasteiger partial charge in [0.2, 0.25) is 0 Å². The Morgan fingerprint density at radius 2 is 1.95 bits per heavy atom. The molecule has 0 spiro atoms. The molecule has 2 aromatic rings. The van der Waals surface area contributed by atoms with Crippen LogP contribution in [-0.4, -0.2) is 27.0 Å². The lowest BCUT2D eigenvalue weighted by Gasteiger charge is -2.04. The Labute approximate surface area is 109 Å². The molecular formula is C13H11N3O3. The van der Waals surface area contributed by atoms with Crippen LogP contribution in [0.5, 0.6) is 0 Å². The molecule has 0 atom stereocenters. The number of anilines is 1. The average Bonchev–Trinajstić information content (AvgIpc) is 2.39. The van der Waals surface area contributed by atoms with E-state index in [9.17, 15) is 9.59 Å². The van der Waals surface area contributed by atoms with Gasteiger partial charge < -0.3 is 10.4 Å². The van der Waals surface area contributed by atoms with Gasteiger partial charge >= 0.3 is 5.97 Å². The van der Waals surface area contributed by atoms with E-state index in [2.05, 4.69) is 15.3 Å². The van der Waals surface area contributed by atoms with Crippen molar-refractivity contribution >= 4 is 17.7 Å². The number of hydrogen-bond donors (Lipinski definition) is 2. The van der Waals surface area contributed by atoms with Gasteiger partial charge in [-0.1, -0.05) is 6.07 Å². The average molecular weight is 257 g/mol. The molecule has 1 amide bonds. The monoisotopic (exact) mass is 257 g/mol. The van der Waals surface area contributed by atoms with E-state index >= 15 is 0 Å². The van der Waals surface area contributed by atoms with Gasteiger partial charge in [-0.3, -0.25) is 4.79 Å². The Morgan fingerprint density at radius 3 is 2.63 bits per heavy atom. The summed E-state index contributed by atoms with van der Waals surface area (Å²) in [5.74, 6) is -1.28. The van der Waals surface area contributed by atoms with Crippen LogP contribution in [-0.2, 0) is 0 Å². The van der Waals surface area contributed by atoms with Gasteiger partial charge in [0.1, 0.15) is 17.2 Å². The quantitative estimate of drug-likeness (QED) is 0.873. The molecule has 19 heavy (non-hydrogen) atoms. The molecule has 0 saturated carbocycles.